The number of benzene rings is 1. The van der Waals surface area contributed by atoms with Crippen LogP contribution < -0.4 is 14.2 Å². The van der Waals surface area contributed by atoms with Crippen LogP contribution in [0.25, 0.3) is 0 Å². The summed E-state index contributed by atoms with van der Waals surface area (Å²) < 4.78 is 29.4. The molecule has 0 atom stereocenters. The first kappa shape index (κ1) is 14.8. The fourth-order valence-electron chi connectivity index (χ4n) is 1.81. The van der Waals surface area contributed by atoms with E-state index in [1.54, 1.807) is 12.3 Å². The van der Waals surface area contributed by atoms with E-state index in [-0.39, 0.29) is 17.9 Å². The zero-order valence-electron chi connectivity index (χ0n) is 11.6. The van der Waals surface area contributed by atoms with Crippen molar-refractivity contribution in [3.8, 4) is 17.2 Å². The predicted molar refractivity (Wildman–Crippen MR) is 73.5 cm³/mol. The molecule has 6 heteroatoms. The molecule has 0 amide bonds. The van der Waals surface area contributed by atoms with Gasteiger partial charge in [0.05, 0.1) is 14.2 Å². The van der Waals surface area contributed by atoms with Crippen LogP contribution in [0.1, 0.15) is 16.1 Å². The molecule has 0 saturated heterocycles. The van der Waals surface area contributed by atoms with Crippen molar-refractivity contribution in [1.29, 1.82) is 0 Å². The Morgan fingerprint density at radius 2 is 2.00 bits per heavy atom. The Hall–Kier alpha value is -2.63. The van der Waals surface area contributed by atoms with Crippen molar-refractivity contribution in [2.24, 2.45) is 0 Å². The number of ether oxygens (including phenoxy) is 3. The molecule has 0 saturated carbocycles. The van der Waals surface area contributed by atoms with Crippen LogP contribution in [-0.2, 0) is 6.61 Å². The number of rotatable bonds is 6. The lowest BCUT2D eigenvalue weighted by molar-refractivity contribution is 0.112. The lowest BCUT2D eigenvalue weighted by Crippen LogP contribution is -2.04. The van der Waals surface area contributed by atoms with Crippen LogP contribution in [0.4, 0.5) is 4.39 Å². The van der Waals surface area contributed by atoms with E-state index < -0.39 is 5.82 Å². The summed E-state index contributed by atoms with van der Waals surface area (Å²) in [4.78, 5) is 14.7. The lowest BCUT2D eigenvalue weighted by Gasteiger charge is -2.12. The SMILES string of the molecule is COc1ccnc(COc2ccc(C=O)cc2F)c1OC. The van der Waals surface area contributed by atoms with Crippen molar-refractivity contribution in [1.82, 2.24) is 4.98 Å². The van der Waals surface area contributed by atoms with E-state index in [0.717, 1.165) is 6.07 Å². The van der Waals surface area contributed by atoms with Crippen LogP contribution in [0, 0.1) is 5.82 Å². The number of nitrogens with zero attached hydrogens (tertiary/aromatic N) is 1. The molecule has 0 fully saturated rings. The number of pyridine rings is 1. The predicted octanol–water partition coefficient (Wildman–Crippen LogP) is 2.63. The summed E-state index contributed by atoms with van der Waals surface area (Å²) in [5.74, 6) is 0.376. The third kappa shape index (κ3) is 3.28. The second kappa shape index (κ2) is 6.69. The fourth-order valence-corrected chi connectivity index (χ4v) is 1.81. The number of methoxy groups -OCH3 is 2. The maximum Gasteiger partial charge on any atom is 0.185 e. The van der Waals surface area contributed by atoms with Crippen LogP contribution in [0.3, 0.4) is 0 Å². The van der Waals surface area contributed by atoms with Gasteiger partial charge in [0.2, 0.25) is 0 Å². The van der Waals surface area contributed by atoms with E-state index in [9.17, 15) is 9.18 Å². The number of carbonyl (C=O) groups is 1. The largest absolute Gasteiger partial charge is 0.493 e. The smallest absolute Gasteiger partial charge is 0.185 e. The van der Waals surface area contributed by atoms with Crippen LogP contribution in [-0.4, -0.2) is 25.5 Å². The molecule has 0 aliphatic carbocycles. The summed E-state index contributed by atoms with van der Waals surface area (Å²) in [7, 11) is 3.00. The van der Waals surface area contributed by atoms with Crippen molar-refractivity contribution in [2.75, 3.05) is 14.2 Å². The van der Waals surface area contributed by atoms with Gasteiger partial charge in [-0.3, -0.25) is 9.78 Å². The van der Waals surface area contributed by atoms with Gasteiger partial charge in [-0.1, -0.05) is 0 Å². The maximum atomic E-state index is 13.7. The first-order valence-corrected chi connectivity index (χ1v) is 6.13. The Labute approximate surface area is 121 Å². The van der Waals surface area contributed by atoms with Gasteiger partial charge in [-0.05, 0) is 18.2 Å². The Morgan fingerprint density at radius 1 is 1.19 bits per heavy atom. The van der Waals surface area contributed by atoms with Gasteiger partial charge in [-0.15, -0.1) is 0 Å². The molecule has 21 heavy (non-hydrogen) atoms. The van der Waals surface area contributed by atoms with Gasteiger partial charge in [-0.25, -0.2) is 4.39 Å². The van der Waals surface area contributed by atoms with Crippen molar-refractivity contribution < 1.29 is 23.4 Å². The first-order valence-electron chi connectivity index (χ1n) is 6.13. The number of aromatic nitrogens is 1. The highest BCUT2D eigenvalue weighted by molar-refractivity contribution is 5.74. The van der Waals surface area contributed by atoms with Crippen LogP contribution in [0.2, 0.25) is 0 Å². The zero-order chi connectivity index (χ0) is 15.2. The fraction of sp³-hybridized carbons (Fsp3) is 0.200. The lowest BCUT2D eigenvalue weighted by atomic mass is 10.2. The third-order valence-corrected chi connectivity index (χ3v) is 2.82. The highest BCUT2D eigenvalue weighted by atomic mass is 19.1. The van der Waals surface area contributed by atoms with Crippen molar-refractivity contribution in [3.05, 3.63) is 47.5 Å². The molecule has 0 spiro atoms. The second-order valence-corrected chi connectivity index (χ2v) is 4.09. The molecule has 0 unspecified atom stereocenters. The molecule has 0 radical (unpaired) electrons. The molecule has 110 valence electrons. The molecule has 2 aromatic rings. The summed E-state index contributed by atoms with van der Waals surface area (Å²) in [5.41, 5.74) is 0.729. The van der Waals surface area contributed by atoms with E-state index in [0.29, 0.717) is 23.5 Å². The van der Waals surface area contributed by atoms with Crippen molar-refractivity contribution in [3.63, 3.8) is 0 Å². The first-order chi connectivity index (χ1) is 10.2. The minimum atomic E-state index is -0.610. The van der Waals surface area contributed by atoms with Gasteiger partial charge >= 0.3 is 0 Å². The average Bonchev–Trinajstić information content (AvgIpc) is 2.52. The molecule has 1 aromatic heterocycles. The quantitative estimate of drug-likeness (QED) is 0.766. The minimum Gasteiger partial charge on any atom is -0.493 e. The van der Waals surface area contributed by atoms with E-state index in [1.165, 1.54) is 26.4 Å². The van der Waals surface area contributed by atoms with Gasteiger partial charge < -0.3 is 14.2 Å². The standard InChI is InChI=1S/C15H14FNO4/c1-19-14-5-6-17-12(15(14)20-2)9-21-13-4-3-10(8-18)7-11(13)16/h3-8H,9H2,1-2H3. The Kier molecular flexibility index (Phi) is 4.71. The normalized spacial score (nSPS) is 10.0. The highest BCUT2D eigenvalue weighted by Crippen LogP contribution is 2.30. The van der Waals surface area contributed by atoms with Gasteiger partial charge in [0, 0.05) is 17.8 Å². The zero-order valence-corrected chi connectivity index (χ0v) is 11.6. The summed E-state index contributed by atoms with van der Waals surface area (Å²) >= 11 is 0. The number of halogens is 1. The summed E-state index contributed by atoms with van der Waals surface area (Å²) in [6, 6.07) is 5.63. The Balaban J connectivity index is 2.18. The van der Waals surface area contributed by atoms with E-state index in [1.807, 2.05) is 0 Å². The molecule has 5 nitrogen and oxygen atoms in total. The van der Waals surface area contributed by atoms with Crippen molar-refractivity contribution in [2.45, 2.75) is 6.61 Å². The monoisotopic (exact) mass is 291 g/mol. The molecule has 0 aliphatic heterocycles. The number of carbonyl (C=O) groups excluding carboxylic acids is 1. The highest BCUT2D eigenvalue weighted by Gasteiger charge is 2.13. The molecule has 0 aliphatic rings. The molecule has 0 N–H and O–H groups in total. The van der Waals surface area contributed by atoms with Crippen molar-refractivity contribution >= 4 is 6.29 Å². The average molecular weight is 291 g/mol. The topological polar surface area (TPSA) is 57.7 Å². The van der Waals surface area contributed by atoms with Gasteiger partial charge in [0.15, 0.2) is 23.1 Å². The van der Waals surface area contributed by atoms with Gasteiger partial charge in [0.25, 0.3) is 0 Å². The molecular formula is C15H14FNO4. The van der Waals surface area contributed by atoms with Gasteiger partial charge in [-0.2, -0.15) is 0 Å². The molecule has 0 bridgehead atoms. The Bertz CT molecular complexity index is 646. The maximum absolute atomic E-state index is 13.7. The van der Waals surface area contributed by atoms with E-state index in [4.69, 9.17) is 14.2 Å². The molecule has 2 rings (SSSR count). The molecule has 1 heterocycles. The number of hydrogen-bond acceptors (Lipinski definition) is 5. The Morgan fingerprint density at radius 3 is 2.62 bits per heavy atom. The number of hydrogen-bond donors (Lipinski definition) is 0. The second-order valence-electron chi connectivity index (χ2n) is 4.09. The van der Waals surface area contributed by atoms with Gasteiger partial charge in [0.1, 0.15) is 18.6 Å². The molecule has 1 aromatic carbocycles. The van der Waals surface area contributed by atoms with Crippen LogP contribution >= 0.6 is 0 Å². The van der Waals surface area contributed by atoms with Crippen LogP contribution in [0.15, 0.2) is 30.5 Å². The summed E-state index contributed by atoms with van der Waals surface area (Å²) in [6.07, 6.45) is 2.12. The van der Waals surface area contributed by atoms with E-state index >= 15 is 0 Å². The summed E-state index contributed by atoms with van der Waals surface area (Å²) in [6.45, 7) is 0.0116. The van der Waals surface area contributed by atoms with Crippen LogP contribution in [0.5, 0.6) is 17.2 Å². The molecular weight excluding hydrogens is 277 g/mol. The van der Waals surface area contributed by atoms with E-state index in [2.05, 4.69) is 4.98 Å². The third-order valence-electron chi connectivity index (χ3n) is 2.82. The number of aldehydes is 1. The minimum absolute atomic E-state index is 0.0116. The summed E-state index contributed by atoms with van der Waals surface area (Å²) in [5, 5.41) is 0.